The molecule has 1 rings (SSSR count). The van der Waals surface area contributed by atoms with Gasteiger partial charge in [0, 0.05) is 4.91 Å². The second-order valence-corrected chi connectivity index (χ2v) is 5.41. The summed E-state index contributed by atoms with van der Waals surface area (Å²) >= 11 is 0. The Morgan fingerprint density at radius 1 is 1.55 bits per heavy atom. The number of carbonyl (C=O) groups excluding carboxylic acids is 1. The minimum absolute atomic E-state index is 0.219. The van der Waals surface area contributed by atoms with Crippen LogP contribution in [0.15, 0.2) is 5.11 Å². The first-order valence-electron chi connectivity index (χ1n) is 6.40. The van der Waals surface area contributed by atoms with Crippen LogP contribution < -0.4 is 0 Å². The normalized spacial score (nSPS) is 21.4. The van der Waals surface area contributed by atoms with Crippen LogP contribution in [0.5, 0.6) is 0 Å². The maximum absolute atomic E-state index is 12.2. The lowest BCUT2D eigenvalue weighted by atomic mass is 10.1. The average molecular weight is 280 g/mol. The molecule has 0 aliphatic carbocycles. The van der Waals surface area contributed by atoms with E-state index < -0.39 is 17.7 Å². The third kappa shape index (κ3) is 4.65. The summed E-state index contributed by atoms with van der Waals surface area (Å²) in [5, 5.41) is 3.67. The number of rotatable bonds is 3. The summed E-state index contributed by atoms with van der Waals surface area (Å²) in [6.07, 6.45) is -0.478. The number of azide groups is 1. The van der Waals surface area contributed by atoms with Crippen LogP contribution in [0.4, 0.5) is 4.79 Å². The molecule has 0 saturated carbocycles. The molecule has 1 aliphatic heterocycles. The molecule has 1 fully saturated rings. The van der Waals surface area contributed by atoms with E-state index in [9.17, 15) is 4.79 Å². The summed E-state index contributed by atoms with van der Waals surface area (Å²) in [4.78, 5) is 16.5. The standard InChI is InChI=1S/C13H20N4O3/c1-5-6-7-17(12(18)20-13(2,3)4)11-9-19-8-10(11)15-16-14/h10-11H,7-9H2,1-4H3/t10-,11-/m1/s1. The smallest absolute Gasteiger partial charge is 0.411 e. The van der Waals surface area contributed by atoms with Gasteiger partial charge < -0.3 is 9.47 Å². The third-order valence-electron chi connectivity index (χ3n) is 2.68. The van der Waals surface area contributed by atoms with E-state index >= 15 is 0 Å². The van der Waals surface area contributed by atoms with E-state index in [0.717, 1.165) is 0 Å². The minimum atomic E-state index is -0.595. The zero-order chi connectivity index (χ0) is 15.2. The zero-order valence-electron chi connectivity index (χ0n) is 12.3. The van der Waals surface area contributed by atoms with E-state index in [1.165, 1.54) is 4.90 Å². The van der Waals surface area contributed by atoms with Crippen molar-refractivity contribution in [2.45, 2.75) is 45.4 Å². The maximum Gasteiger partial charge on any atom is 0.411 e. The molecule has 0 radical (unpaired) electrons. The van der Waals surface area contributed by atoms with E-state index in [1.807, 2.05) is 0 Å². The molecule has 1 saturated heterocycles. The number of hydrogen-bond acceptors (Lipinski definition) is 4. The fourth-order valence-electron chi connectivity index (χ4n) is 1.81. The first kappa shape index (κ1) is 16.2. The monoisotopic (exact) mass is 280 g/mol. The van der Waals surface area contributed by atoms with Crippen molar-refractivity contribution in [1.82, 2.24) is 4.90 Å². The molecule has 0 N–H and O–H groups in total. The van der Waals surface area contributed by atoms with Gasteiger partial charge in [-0.2, -0.15) is 0 Å². The van der Waals surface area contributed by atoms with Gasteiger partial charge in [-0.25, -0.2) is 4.79 Å². The van der Waals surface area contributed by atoms with Crippen molar-refractivity contribution in [2.75, 3.05) is 19.8 Å². The van der Waals surface area contributed by atoms with Crippen LogP contribution in [0.1, 0.15) is 27.7 Å². The number of carbonyl (C=O) groups is 1. The molecule has 0 aromatic carbocycles. The van der Waals surface area contributed by atoms with Crippen molar-refractivity contribution in [3.63, 3.8) is 0 Å². The summed E-state index contributed by atoms with van der Waals surface area (Å²) < 4.78 is 10.7. The molecule has 0 spiro atoms. The average Bonchev–Trinajstić information content (AvgIpc) is 2.76. The van der Waals surface area contributed by atoms with Crippen molar-refractivity contribution in [3.8, 4) is 11.8 Å². The lowest BCUT2D eigenvalue weighted by Crippen LogP contribution is -2.48. The zero-order valence-corrected chi connectivity index (χ0v) is 12.3. The molecule has 7 heteroatoms. The van der Waals surface area contributed by atoms with Crippen LogP contribution in [0.25, 0.3) is 10.4 Å². The number of ether oxygens (including phenoxy) is 2. The molecule has 2 atom stereocenters. The van der Waals surface area contributed by atoms with E-state index in [1.54, 1.807) is 27.7 Å². The Morgan fingerprint density at radius 3 is 2.80 bits per heavy atom. The molecule has 0 aromatic heterocycles. The fraction of sp³-hybridized carbons (Fsp3) is 0.769. The Hall–Kier alpha value is -1.90. The van der Waals surface area contributed by atoms with Gasteiger partial charge in [-0.1, -0.05) is 11.0 Å². The molecule has 0 unspecified atom stereocenters. The molecular weight excluding hydrogens is 260 g/mol. The second-order valence-electron chi connectivity index (χ2n) is 5.41. The quantitative estimate of drug-likeness (QED) is 0.344. The van der Waals surface area contributed by atoms with Crippen LogP contribution in [0, 0.1) is 11.8 Å². The molecular formula is C13H20N4O3. The number of nitrogens with zero attached hydrogens (tertiary/aromatic N) is 4. The van der Waals surface area contributed by atoms with Crippen LogP contribution in [0.2, 0.25) is 0 Å². The highest BCUT2D eigenvalue weighted by atomic mass is 16.6. The van der Waals surface area contributed by atoms with Crippen LogP contribution in [-0.2, 0) is 9.47 Å². The van der Waals surface area contributed by atoms with Gasteiger partial charge in [0.2, 0.25) is 0 Å². The second kappa shape index (κ2) is 7.04. The van der Waals surface area contributed by atoms with Crippen molar-refractivity contribution in [3.05, 3.63) is 10.4 Å². The third-order valence-corrected chi connectivity index (χ3v) is 2.68. The van der Waals surface area contributed by atoms with Crippen molar-refractivity contribution >= 4 is 6.09 Å². The predicted molar refractivity (Wildman–Crippen MR) is 73.9 cm³/mol. The highest BCUT2D eigenvalue weighted by Crippen LogP contribution is 2.19. The summed E-state index contributed by atoms with van der Waals surface area (Å²) in [6.45, 7) is 7.92. The fourth-order valence-corrected chi connectivity index (χ4v) is 1.81. The molecule has 1 heterocycles. The largest absolute Gasteiger partial charge is 0.444 e. The van der Waals surface area contributed by atoms with Crippen LogP contribution in [0.3, 0.4) is 0 Å². The van der Waals surface area contributed by atoms with E-state index in [-0.39, 0.29) is 12.6 Å². The van der Waals surface area contributed by atoms with E-state index in [2.05, 4.69) is 21.9 Å². The molecule has 7 nitrogen and oxygen atoms in total. The van der Waals surface area contributed by atoms with Gasteiger partial charge >= 0.3 is 6.09 Å². The lowest BCUT2D eigenvalue weighted by molar-refractivity contribution is 0.0171. The van der Waals surface area contributed by atoms with Gasteiger partial charge in [-0.3, -0.25) is 4.90 Å². The topological polar surface area (TPSA) is 87.5 Å². The lowest BCUT2D eigenvalue weighted by Gasteiger charge is -2.31. The highest BCUT2D eigenvalue weighted by molar-refractivity contribution is 5.69. The van der Waals surface area contributed by atoms with Crippen molar-refractivity contribution in [1.29, 1.82) is 0 Å². The Balaban J connectivity index is 2.89. The summed E-state index contributed by atoms with van der Waals surface area (Å²) in [7, 11) is 0. The molecule has 1 aliphatic rings. The number of hydrogen-bond donors (Lipinski definition) is 0. The van der Waals surface area contributed by atoms with Gasteiger partial charge in [0.05, 0.1) is 31.8 Å². The summed E-state index contributed by atoms with van der Waals surface area (Å²) in [5.74, 6) is 5.58. The molecule has 110 valence electrons. The molecule has 1 amide bonds. The number of amides is 1. The minimum Gasteiger partial charge on any atom is -0.444 e. The van der Waals surface area contributed by atoms with Crippen LogP contribution in [-0.4, -0.2) is 48.4 Å². The molecule has 0 aromatic rings. The predicted octanol–water partition coefficient (Wildman–Crippen LogP) is 2.32. The summed E-state index contributed by atoms with van der Waals surface area (Å²) in [6, 6.07) is -0.757. The van der Waals surface area contributed by atoms with Gasteiger partial charge in [0.15, 0.2) is 0 Å². The highest BCUT2D eigenvalue weighted by Gasteiger charge is 2.36. The Labute approximate surface area is 118 Å². The first-order valence-corrected chi connectivity index (χ1v) is 6.40. The van der Waals surface area contributed by atoms with Gasteiger partial charge in [-0.15, -0.1) is 5.92 Å². The molecule has 20 heavy (non-hydrogen) atoms. The SMILES string of the molecule is CC#CCN(C(=O)OC(C)(C)C)[C@@H]1COC[C@H]1N=[N+]=[N-]. The van der Waals surface area contributed by atoms with Gasteiger partial charge in [-0.05, 0) is 33.2 Å². The van der Waals surface area contributed by atoms with Gasteiger partial charge in [0.25, 0.3) is 0 Å². The van der Waals surface area contributed by atoms with Crippen molar-refractivity contribution < 1.29 is 14.3 Å². The Morgan fingerprint density at radius 2 is 2.25 bits per heavy atom. The summed E-state index contributed by atoms with van der Waals surface area (Å²) in [5.41, 5.74) is 7.97. The first-order chi connectivity index (χ1) is 9.39. The van der Waals surface area contributed by atoms with E-state index in [0.29, 0.717) is 13.2 Å². The van der Waals surface area contributed by atoms with E-state index in [4.69, 9.17) is 15.0 Å². The maximum atomic E-state index is 12.2. The Kier molecular flexibility index (Phi) is 5.68. The molecule has 0 bridgehead atoms. The van der Waals surface area contributed by atoms with Gasteiger partial charge in [0.1, 0.15) is 5.60 Å². The Bertz CT molecular complexity index is 454. The van der Waals surface area contributed by atoms with Crippen LogP contribution >= 0.6 is 0 Å². The van der Waals surface area contributed by atoms with Crippen molar-refractivity contribution in [2.24, 2.45) is 5.11 Å².